The van der Waals surface area contributed by atoms with Crippen molar-refractivity contribution in [2.75, 3.05) is 13.1 Å². The van der Waals surface area contributed by atoms with E-state index in [2.05, 4.69) is 10.2 Å². The second-order valence-corrected chi connectivity index (χ2v) is 8.54. The molecule has 0 radical (unpaired) electrons. The molecular formula is C17H20ClN3O3S. The number of rotatable bonds is 5. The predicted molar refractivity (Wildman–Crippen MR) is 96.1 cm³/mol. The van der Waals surface area contributed by atoms with Crippen molar-refractivity contribution in [3.05, 3.63) is 52.7 Å². The molecule has 0 amide bonds. The first kappa shape index (κ1) is 18.1. The smallest absolute Gasteiger partial charge is 0.233 e. The summed E-state index contributed by atoms with van der Waals surface area (Å²) in [4.78, 5) is 0. The van der Waals surface area contributed by atoms with Gasteiger partial charge in [-0.1, -0.05) is 23.7 Å². The van der Waals surface area contributed by atoms with Crippen molar-refractivity contribution in [3.63, 3.8) is 0 Å². The number of piperidine rings is 1. The van der Waals surface area contributed by atoms with Crippen LogP contribution in [0.2, 0.25) is 5.02 Å². The maximum Gasteiger partial charge on any atom is 0.233 e. The molecule has 1 unspecified atom stereocenters. The normalized spacial score (nSPS) is 18.9. The summed E-state index contributed by atoms with van der Waals surface area (Å²) >= 11 is 5.85. The van der Waals surface area contributed by atoms with E-state index >= 15 is 0 Å². The van der Waals surface area contributed by atoms with Crippen LogP contribution in [0.4, 0.5) is 0 Å². The predicted octanol–water partition coefficient (Wildman–Crippen LogP) is 2.81. The Kier molecular flexibility index (Phi) is 5.56. The third-order valence-corrected chi connectivity index (χ3v) is 6.13. The molecule has 0 saturated carbocycles. The molecule has 1 saturated heterocycles. The van der Waals surface area contributed by atoms with Crippen LogP contribution in [-0.2, 0) is 15.8 Å². The highest BCUT2D eigenvalue weighted by Gasteiger charge is 2.30. The largest absolute Gasteiger partial charge is 0.472 e. The minimum absolute atomic E-state index is 0.0405. The van der Waals surface area contributed by atoms with E-state index in [1.165, 1.54) is 4.31 Å². The summed E-state index contributed by atoms with van der Waals surface area (Å²) in [6.07, 6.45) is 1.33. The topological polar surface area (TPSA) is 72.4 Å². The van der Waals surface area contributed by atoms with E-state index in [4.69, 9.17) is 16.3 Å². The van der Waals surface area contributed by atoms with Crippen molar-refractivity contribution in [1.29, 1.82) is 0 Å². The minimum atomic E-state index is -3.41. The molecule has 0 bridgehead atoms. The fraction of sp³-hybridized carbons (Fsp3) is 0.412. The van der Waals surface area contributed by atoms with Gasteiger partial charge < -0.3 is 4.74 Å². The molecule has 1 atom stereocenters. The molecule has 0 aliphatic carbocycles. The van der Waals surface area contributed by atoms with Crippen LogP contribution in [0, 0.1) is 6.92 Å². The fourth-order valence-corrected chi connectivity index (χ4v) is 4.48. The Morgan fingerprint density at radius 1 is 1.20 bits per heavy atom. The molecule has 25 heavy (non-hydrogen) atoms. The van der Waals surface area contributed by atoms with Gasteiger partial charge in [-0.3, -0.25) is 0 Å². The summed E-state index contributed by atoms with van der Waals surface area (Å²) in [5.74, 6) is 0.383. The molecule has 1 fully saturated rings. The van der Waals surface area contributed by atoms with Gasteiger partial charge in [0.25, 0.3) is 0 Å². The van der Waals surface area contributed by atoms with Crippen LogP contribution in [0.25, 0.3) is 0 Å². The van der Waals surface area contributed by atoms with Gasteiger partial charge in [0.2, 0.25) is 15.9 Å². The van der Waals surface area contributed by atoms with Gasteiger partial charge in [-0.05, 0) is 43.5 Å². The van der Waals surface area contributed by atoms with Crippen LogP contribution in [0.15, 0.2) is 36.4 Å². The van der Waals surface area contributed by atoms with Crippen LogP contribution in [-0.4, -0.2) is 42.1 Å². The molecule has 0 N–H and O–H groups in total. The summed E-state index contributed by atoms with van der Waals surface area (Å²) in [6.45, 7) is 2.68. The van der Waals surface area contributed by atoms with E-state index in [1.54, 1.807) is 30.3 Å². The van der Waals surface area contributed by atoms with Crippen molar-refractivity contribution in [3.8, 4) is 5.88 Å². The van der Waals surface area contributed by atoms with Gasteiger partial charge in [-0.25, -0.2) is 8.42 Å². The number of hydrogen-bond donors (Lipinski definition) is 0. The van der Waals surface area contributed by atoms with Crippen LogP contribution in [0.1, 0.15) is 24.1 Å². The number of sulfonamides is 1. The number of nitrogens with zero attached hydrogens (tertiary/aromatic N) is 3. The number of aromatic nitrogens is 2. The second kappa shape index (κ2) is 7.68. The molecule has 134 valence electrons. The molecule has 8 heteroatoms. The third kappa shape index (κ3) is 4.90. The maximum absolute atomic E-state index is 12.7. The number of halogens is 1. The van der Waals surface area contributed by atoms with Crippen LogP contribution < -0.4 is 4.74 Å². The Morgan fingerprint density at radius 2 is 1.96 bits per heavy atom. The van der Waals surface area contributed by atoms with Gasteiger partial charge in [0.1, 0.15) is 6.10 Å². The summed E-state index contributed by atoms with van der Waals surface area (Å²) < 4.78 is 32.7. The summed E-state index contributed by atoms with van der Waals surface area (Å²) in [5, 5.41) is 8.53. The van der Waals surface area contributed by atoms with Gasteiger partial charge >= 0.3 is 0 Å². The summed E-state index contributed by atoms with van der Waals surface area (Å²) in [7, 11) is -3.41. The molecule has 1 aliphatic rings. The quantitative estimate of drug-likeness (QED) is 0.796. The van der Waals surface area contributed by atoms with Crippen LogP contribution in [0.3, 0.4) is 0 Å². The van der Waals surface area contributed by atoms with E-state index in [1.807, 2.05) is 13.0 Å². The molecular weight excluding hydrogens is 362 g/mol. The van der Waals surface area contributed by atoms with Gasteiger partial charge in [0.15, 0.2) is 0 Å². The first-order valence-corrected chi connectivity index (χ1v) is 10.1. The number of ether oxygens (including phenoxy) is 1. The first-order chi connectivity index (χ1) is 11.9. The lowest BCUT2D eigenvalue weighted by Gasteiger charge is -2.31. The zero-order valence-electron chi connectivity index (χ0n) is 13.9. The van der Waals surface area contributed by atoms with Crippen LogP contribution >= 0.6 is 11.6 Å². The molecule has 1 aromatic heterocycles. The molecule has 2 heterocycles. The van der Waals surface area contributed by atoms with E-state index in [0.29, 0.717) is 24.0 Å². The SMILES string of the molecule is Cc1ccc(OC2CCCN(S(=O)(=O)Cc3ccc(Cl)cc3)C2)nn1. The number of hydrogen-bond acceptors (Lipinski definition) is 5. The van der Waals surface area contributed by atoms with Crippen LogP contribution in [0.5, 0.6) is 5.88 Å². The van der Waals surface area contributed by atoms with Crippen molar-refractivity contribution in [2.24, 2.45) is 0 Å². The lowest BCUT2D eigenvalue weighted by molar-refractivity contribution is 0.123. The maximum atomic E-state index is 12.7. The van der Waals surface area contributed by atoms with E-state index in [9.17, 15) is 8.42 Å². The van der Waals surface area contributed by atoms with Gasteiger partial charge in [0, 0.05) is 17.6 Å². The first-order valence-electron chi connectivity index (χ1n) is 8.12. The Hall–Kier alpha value is -1.70. The van der Waals surface area contributed by atoms with Crippen molar-refractivity contribution in [1.82, 2.24) is 14.5 Å². The van der Waals surface area contributed by atoms with Gasteiger partial charge in [-0.15, -0.1) is 5.10 Å². The third-order valence-electron chi connectivity index (χ3n) is 4.06. The molecule has 0 spiro atoms. The fourth-order valence-electron chi connectivity index (χ4n) is 2.76. The van der Waals surface area contributed by atoms with E-state index in [0.717, 1.165) is 24.1 Å². The standard InChI is InChI=1S/C17H20ClN3O3S/c1-13-4-9-17(20-19-13)24-16-3-2-10-21(11-16)25(22,23)12-14-5-7-15(18)8-6-14/h4-9,16H,2-3,10-12H2,1H3. The lowest BCUT2D eigenvalue weighted by atomic mass is 10.1. The highest BCUT2D eigenvalue weighted by atomic mass is 35.5. The highest BCUT2D eigenvalue weighted by Crippen LogP contribution is 2.21. The average Bonchev–Trinajstić information content (AvgIpc) is 2.59. The van der Waals surface area contributed by atoms with E-state index < -0.39 is 10.0 Å². The molecule has 1 aromatic carbocycles. The second-order valence-electron chi connectivity index (χ2n) is 6.14. The van der Waals surface area contributed by atoms with Crippen molar-refractivity contribution < 1.29 is 13.2 Å². The van der Waals surface area contributed by atoms with Gasteiger partial charge in [-0.2, -0.15) is 9.40 Å². The number of aryl methyl sites for hydroxylation is 1. The summed E-state index contributed by atoms with van der Waals surface area (Å²) in [6, 6.07) is 10.4. The van der Waals surface area contributed by atoms with Crippen molar-refractivity contribution in [2.45, 2.75) is 31.6 Å². The highest BCUT2D eigenvalue weighted by molar-refractivity contribution is 7.88. The Bertz CT molecular complexity index is 810. The Balaban J connectivity index is 1.65. The zero-order chi connectivity index (χ0) is 17.9. The van der Waals surface area contributed by atoms with Crippen molar-refractivity contribution >= 4 is 21.6 Å². The molecule has 1 aliphatic heterocycles. The minimum Gasteiger partial charge on any atom is -0.472 e. The summed E-state index contributed by atoms with van der Waals surface area (Å²) in [5.41, 5.74) is 1.53. The monoisotopic (exact) mass is 381 g/mol. The Labute approximate surface area is 152 Å². The average molecular weight is 382 g/mol. The lowest BCUT2D eigenvalue weighted by Crippen LogP contribution is -2.44. The van der Waals surface area contributed by atoms with Gasteiger partial charge in [0.05, 0.1) is 18.0 Å². The van der Waals surface area contributed by atoms with E-state index in [-0.39, 0.29) is 11.9 Å². The molecule has 6 nitrogen and oxygen atoms in total. The zero-order valence-corrected chi connectivity index (χ0v) is 15.5. The number of benzene rings is 1. The molecule has 2 aromatic rings. The Morgan fingerprint density at radius 3 is 2.64 bits per heavy atom. The molecule has 3 rings (SSSR count).